The molecule has 0 bridgehead atoms. The maximum absolute atomic E-state index is 8.76. The molecule has 1 N–H and O–H groups in total. The first-order valence-corrected chi connectivity index (χ1v) is 6.35. The van der Waals surface area contributed by atoms with Gasteiger partial charge in [0.25, 0.3) is 0 Å². The normalized spacial score (nSPS) is 17.5. The van der Waals surface area contributed by atoms with E-state index in [0.717, 1.165) is 5.56 Å². The molecule has 0 saturated heterocycles. The summed E-state index contributed by atoms with van der Waals surface area (Å²) in [5.74, 6) is 0.625. The third-order valence-electron chi connectivity index (χ3n) is 2.90. The summed E-state index contributed by atoms with van der Waals surface area (Å²) in [5, 5.41) is 2.45. The Morgan fingerprint density at radius 1 is 1.16 bits per heavy atom. The Labute approximate surface area is 121 Å². The molecule has 0 amide bonds. The van der Waals surface area contributed by atoms with E-state index >= 15 is 0 Å². The molecule has 1 unspecified atom stereocenters. The van der Waals surface area contributed by atoms with Crippen LogP contribution in [0.1, 0.15) is 29.1 Å². The van der Waals surface area contributed by atoms with Crippen LogP contribution in [0.2, 0.25) is 0 Å². The monoisotopic (exact) mass is 259 g/mol. The number of para-hydroxylation sites is 1. The number of hydrogen-bond acceptors (Lipinski definition) is 2. The molecule has 2 aromatic rings. The van der Waals surface area contributed by atoms with Gasteiger partial charge in [-0.3, -0.25) is 0 Å². The number of aryl methyl sites for hydroxylation is 1. The first kappa shape index (κ1) is 9.16. The van der Waals surface area contributed by atoms with E-state index in [0.29, 0.717) is 11.3 Å². The smallest absolute Gasteiger partial charge is 0.125 e. The molecule has 2 nitrogen and oxygen atoms in total. The van der Waals surface area contributed by atoms with Crippen LogP contribution < -0.4 is 10.1 Å². The highest BCUT2D eigenvalue weighted by atomic mass is 16.5. The molecule has 2 rings (SSSR count). The van der Waals surface area contributed by atoms with E-state index in [1.165, 1.54) is 0 Å². The van der Waals surface area contributed by atoms with E-state index in [9.17, 15) is 0 Å². The minimum atomic E-state index is -2.22. The van der Waals surface area contributed by atoms with Crippen molar-refractivity contribution >= 4 is 0 Å². The molecule has 0 spiro atoms. The predicted molar refractivity (Wildman–Crippen MR) is 79.5 cm³/mol. The Bertz CT molecular complexity index is 630. The van der Waals surface area contributed by atoms with E-state index in [-0.39, 0.29) is 13.0 Å². The van der Waals surface area contributed by atoms with Crippen LogP contribution in [0.3, 0.4) is 0 Å². The van der Waals surface area contributed by atoms with E-state index in [2.05, 4.69) is 5.32 Å². The third kappa shape index (κ3) is 3.83. The molecule has 19 heavy (non-hydrogen) atoms. The van der Waals surface area contributed by atoms with Crippen LogP contribution in [0, 0.1) is 6.92 Å². The fourth-order valence-corrected chi connectivity index (χ4v) is 1.86. The Hall–Kier alpha value is -1.80. The molecule has 0 saturated carbocycles. The summed E-state index contributed by atoms with van der Waals surface area (Å²) in [5.41, 5.74) is 1.62. The second kappa shape index (κ2) is 6.95. The zero-order valence-electron chi connectivity index (χ0n) is 15.0. The number of rotatable bonds is 6. The predicted octanol–water partition coefficient (Wildman–Crippen LogP) is 3.72. The SMILES string of the molecule is [2H]C([2H])([2H])NCCC([2H])(Oc1ccccc1C)c1ccccc1. The highest BCUT2D eigenvalue weighted by Crippen LogP contribution is 2.26. The lowest BCUT2D eigenvalue weighted by atomic mass is 10.1. The van der Waals surface area contributed by atoms with Crippen molar-refractivity contribution < 1.29 is 10.2 Å². The second-order valence-corrected chi connectivity index (χ2v) is 4.33. The van der Waals surface area contributed by atoms with Crippen molar-refractivity contribution in [2.75, 3.05) is 13.5 Å². The van der Waals surface area contributed by atoms with E-state index in [1.807, 2.05) is 61.5 Å². The molecule has 1 atom stereocenters. The van der Waals surface area contributed by atoms with Crippen LogP contribution in [-0.4, -0.2) is 13.5 Å². The van der Waals surface area contributed by atoms with Crippen LogP contribution in [0.5, 0.6) is 5.75 Å². The molecular weight excluding hydrogens is 234 g/mol. The summed E-state index contributed by atoms with van der Waals surface area (Å²) in [6.45, 7) is -0.150. The number of hydrogen-bond donors (Lipinski definition) is 1. The van der Waals surface area contributed by atoms with Gasteiger partial charge in [0, 0.05) is 10.5 Å². The van der Waals surface area contributed by atoms with Gasteiger partial charge in [-0.05, 0) is 37.6 Å². The first-order valence-electron chi connectivity index (χ1n) is 8.35. The molecule has 0 aliphatic heterocycles. The Morgan fingerprint density at radius 3 is 2.63 bits per heavy atom. The van der Waals surface area contributed by atoms with Gasteiger partial charge in [-0.25, -0.2) is 0 Å². The highest BCUT2D eigenvalue weighted by Gasteiger charge is 2.13. The van der Waals surface area contributed by atoms with Crippen molar-refractivity contribution in [2.45, 2.75) is 19.4 Å². The zero-order chi connectivity index (χ0) is 16.9. The summed E-state index contributed by atoms with van der Waals surface area (Å²) in [7, 11) is 0. The number of benzene rings is 2. The van der Waals surface area contributed by atoms with E-state index < -0.39 is 13.1 Å². The summed E-state index contributed by atoms with van der Waals surface area (Å²) in [6, 6.07) is 16.7. The summed E-state index contributed by atoms with van der Waals surface area (Å²) in [6.07, 6.45) is -1.14. The molecular formula is C17H21NO. The summed E-state index contributed by atoms with van der Waals surface area (Å²) < 4.78 is 36.4. The molecule has 2 aromatic carbocycles. The quantitative estimate of drug-likeness (QED) is 0.853. The van der Waals surface area contributed by atoms with Crippen LogP contribution >= 0.6 is 0 Å². The number of ether oxygens (including phenoxy) is 1. The number of nitrogens with one attached hydrogen (secondary N) is 1. The lowest BCUT2D eigenvalue weighted by Gasteiger charge is -2.20. The Kier molecular flexibility index (Phi) is 3.35. The van der Waals surface area contributed by atoms with Gasteiger partial charge in [0.1, 0.15) is 11.8 Å². The van der Waals surface area contributed by atoms with Crippen molar-refractivity contribution in [3.05, 3.63) is 65.7 Å². The van der Waals surface area contributed by atoms with E-state index in [1.54, 1.807) is 0 Å². The van der Waals surface area contributed by atoms with Gasteiger partial charge >= 0.3 is 0 Å². The molecule has 100 valence electrons. The standard InChI is InChI=1S/C17H21NO/c1-14-8-6-7-11-16(14)19-17(12-13-18-2)15-9-4-3-5-10-15/h3-11,17-18H,12-13H2,1-2H3/i2D3,17D. The first-order chi connectivity index (χ1) is 10.8. The van der Waals surface area contributed by atoms with Crippen molar-refractivity contribution in [1.82, 2.24) is 5.32 Å². The molecule has 0 aliphatic carbocycles. The average Bonchev–Trinajstić information content (AvgIpc) is 2.49. The summed E-state index contributed by atoms with van der Waals surface area (Å²) in [4.78, 5) is 0. The van der Waals surface area contributed by atoms with Crippen molar-refractivity contribution in [1.29, 1.82) is 0 Å². The van der Waals surface area contributed by atoms with Crippen LogP contribution in [0.4, 0.5) is 0 Å². The average molecular weight is 259 g/mol. The maximum Gasteiger partial charge on any atom is 0.125 e. The fraction of sp³-hybridized carbons (Fsp3) is 0.294. The minimum Gasteiger partial charge on any atom is -0.485 e. The van der Waals surface area contributed by atoms with Crippen LogP contribution in [0.15, 0.2) is 54.6 Å². The Balaban J connectivity index is 2.23. The van der Waals surface area contributed by atoms with Gasteiger partial charge in [0.05, 0.1) is 1.37 Å². The van der Waals surface area contributed by atoms with Gasteiger partial charge < -0.3 is 10.1 Å². The molecule has 2 heteroatoms. The molecule has 0 heterocycles. The van der Waals surface area contributed by atoms with Gasteiger partial charge in [0.15, 0.2) is 0 Å². The van der Waals surface area contributed by atoms with Gasteiger partial charge in [0.2, 0.25) is 0 Å². The van der Waals surface area contributed by atoms with Crippen LogP contribution in [-0.2, 0) is 0 Å². The zero-order valence-corrected chi connectivity index (χ0v) is 11.0. The molecule has 0 radical (unpaired) electrons. The van der Waals surface area contributed by atoms with Crippen molar-refractivity contribution in [3.8, 4) is 5.75 Å². The maximum atomic E-state index is 8.76. The fourth-order valence-electron chi connectivity index (χ4n) is 1.86. The molecule has 0 fully saturated rings. The lowest BCUT2D eigenvalue weighted by molar-refractivity contribution is 0.193. The summed E-state index contributed by atoms with van der Waals surface area (Å²) >= 11 is 0. The lowest BCUT2D eigenvalue weighted by Crippen LogP contribution is -2.16. The Morgan fingerprint density at radius 2 is 1.89 bits per heavy atom. The van der Waals surface area contributed by atoms with Crippen LogP contribution in [0.25, 0.3) is 0 Å². The van der Waals surface area contributed by atoms with Crippen molar-refractivity contribution in [2.24, 2.45) is 0 Å². The topological polar surface area (TPSA) is 21.3 Å². The second-order valence-electron chi connectivity index (χ2n) is 4.33. The van der Waals surface area contributed by atoms with Gasteiger partial charge in [-0.2, -0.15) is 0 Å². The third-order valence-corrected chi connectivity index (χ3v) is 2.90. The van der Waals surface area contributed by atoms with Gasteiger partial charge in [-0.1, -0.05) is 48.5 Å². The molecule has 0 aliphatic rings. The largest absolute Gasteiger partial charge is 0.485 e. The minimum absolute atomic E-state index is 0.154. The molecule has 0 aromatic heterocycles. The van der Waals surface area contributed by atoms with Gasteiger partial charge in [-0.15, -0.1) is 0 Å². The highest BCUT2D eigenvalue weighted by molar-refractivity contribution is 5.33. The van der Waals surface area contributed by atoms with Crippen molar-refractivity contribution in [3.63, 3.8) is 0 Å². The van der Waals surface area contributed by atoms with E-state index in [4.69, 9.17) is 10.2 Å².